The molecule has 6 nitrogen and oxygen atoms in total. The monoisotopic (exact) mass is 431 g/mol. The summed E-state index contributed by atoms with van der Waals surface area (Å²) in [6.45, 7) is 8.92. The van der Waals surface area contributed by atoms with Crippen LogP contribution >= 0.6 is 0 Å². The van der Waals surface area contributed by atoms with Crippen molar-refractivity contribution >= 4 is 0 Å². The largest absolute Gasteiger partial charge is 0.351 e. The second-order valence-electron chi connectivity index (χ2n) is 10.4. The van der Waals surface area contributed by atoms with Crippen molar-refractivity contribution in [3.05, 3.63) is 35.9 Å². The molecule has 0 amide bonds. The first-order valence-corrected chi connectivity index (χ1v) is 12.0. The predicted molar refractivity (Wildman–Crippen MR) is 116 cm³/mol. The molecule has 4 heterocycles. The van der Waals surface area contributed by atoms with Gasteiger partial charge in [-0.25, -0.2) is 9.78 Å². The first kappa shape index (κ1) is 21.8. The van der Waals surface area contributed by atoms with Gasteiger partial charge in [0.2, 0.25) is 5.79 Å². The molecule has 6 heteroatoms. The number of fused-ring (bicyclic) bond motifs is 2. The third kappa shape index (κ3) is 3.85. The van der Waals surface area contributed by atoms with Gasteiger partial charge in [-0.2, -0.15) is 0 Å². The van der Waals surface area contributed by atoms with Gasteiger partial charge >= 0.3 is 0 Å². The summed E-state index contributed by atoms with van der Waals surface area (Å²) < 4.78 is 19.2. The third-order valence-electron chi connectivity index (χ3n) is 8.15. The Morgan fingerprint density at radius 3 is 2.68 bits per heavy atom. The molecule has 1 aliphatic carbocycles. The van der Waals surface area contributed by atoms with Crippen LogP contribution in [0.1, 0.15) is 52.0 Å². The second kappa shape index (κ2) is 8.40. The number of ether oxygens (including phenoxy) is 3. The van der Waals surface area contributed by atoms with Crippen LogP contribution < -0.4 is 0 Å². The number of likely N-dealkylation sites (N-methyl/N-ethyl adjacent to an activating group) is 1. The highest BCUT2D eigenvalue weighted by molar-refractivity contribution is 5.14. The summed E-state index contributed by atoms with van der Waals surface area (Å²) >= 11 is 0. The van der Waals surface area contributed by atoms with Crippen molar-refractivity contribution in [2.24, 2.45) is 23.7 Å². The Morgan fingerprint density at radius 1 is 1.06 bits per heavy atom. The molecule has 6 rings (SSSR count). The summed E-state index contributed by atoms with van der Waals surface area (Å²) in [6, 6.07) is 10.5. The van der Waals surface area contributed by atoms with E-state index in [1.807, 2.05) is 6.92 Å². The molecule has 0 unspecified atom stereocenters. The van der Waals surface area contributed by atoms with Gasteiger partial charge in [0, 0.05) is 31.3 Å². The number of hydrogen-bond donors (Lipinski definition) is 0. The van der Waals surface area contributed by atoms with Crippen molar-refractivity contribution in [1.82, 2.24) is 4.90 Å². The van der Waals surface area contributed by atoms with Crippen LogP contribution in [0.4, 0.5) is 0 Å². The smallest absolute Gasteiger partial charge is 0.201 e. The Balaban J connectivity index is 1.25. The summed E-state index contributed by atoms with van der Waals surface area (Å²) in [4.78, 5) is 14.4. The molecule has 1 aromatic carbocycles. The van der Waals surface area contributed by atoms with Crippen molar-refractivity contribution in [1.29, 1.82) is 0 Å². The van der Waals surface area contributed by atoms with Crippen LogP contribution in [-0.4, -0.2) is 49.1 Å². The summed E-state index contributed by atoms with van der Waals surface area (Å²) in [5, 5.41) is 0. The molecule has 5 aliphatic rings. The molecule has 4 saturated heterocycles. The van der Waals surface area contributed by atoms with Crippen molar-refractivity contribution in [3.63, 3.8) is 0 Å². The van der Waals surface area contributed by atoms with Crippen LogP contribution in [0.5, 0.6) is 0 Å². The second-order valence-corrected chi connectivity index (χ2v) is 10.4. The normalized spacial score (nSPS) is 44.2. The zero-order valence-electron chi connectivity index (χ0n) is 19.3. The molecule has 1 spiro atoms. The van der Waals surface area contributed by atoms with E-state index in [-0.39, 0.29) is 12.2 Å². The van der Waals surface area contributed by atoms with Gasteiger partial charge in [0.25, 0.3) is 0 Å². The maximum absolute atomic E-state index is 6.49. The van der Waals surface area contributed by atoms with Crippen molar-refractivity contribution < 1.29 is 24.0 Å². The van der Waals surface area contributed by atoms with Crippen LogP contribution in [-0.2, 0) is 30.5 Å². The van der Waals surface area contributed by atoms with Crippen molar-refractivity contribution in [2.75, 3.05) is 20.2 Å². The first-order chi connectivity index (χ1) is 14.9. The number of benzene rings is 1. The molecular formula is C25H37NO5. The molecule has 5 fully saturated rings. The molecular weight excluding hydrogens is 394 g/mol. The highest BCUT2D eigenvalue weighted by Crippen LogP contribution is 2.60. The minimum Gasteiger partial charge on any atom is -0.351 e. The van der Waals surface area contributed by atoms with E-state index in [4.69, 9.17) is 24.0 Å². The Hall–Kier alpha value is -1.02. The molecule has 0 N–H and O–H groups in total. The Labute approximate surface area is 186 Å². The maximum atomic E-state index is 6.49. The summed E-state index contributed by atoms with van der Waals surface area (Å²) in [5.74, 6) is 0.758. The third-order valence-corrected chi connectivity index (χ3v) is 8.15. The summed E-state index contributed by atoms with van der Waals surface area (Å²) in [7, 11) is 2.13. The lowest BCUT2D eigenvalue weighted by Crippen LogP contribution is -2.70. The molecule has 4 aliphatic heterocycles. The van der Waals surface area contributed by atoms with Gasteiger partial charge in [-0.1, -0.05) is 44.2 Å². The highest BCUT2D eigenvalue weighted by Gasteiger charge is 2.69. The first-order valence-electron chi connectivity index (χ1n) is 12.0. The van der Waals surface area contributed by atoms with E-state index in [1.54, 1.807) is 0 Å². The fourth-order valence-electron chi connectivity index (χ4n) is 6.36. The lowest BCUT2D eigenvalue weighted by Gasteiger charge is -2.60. The molecule has 31 heavy (non-hydrogen) atoms. The lowest BCUT2D eigenvalue weighted by atomic mass is 9.58. The molecule has 0 aromatic heterocycles. The lowest BCUT2D eigenvalue weighted by molar-refractivity contribution is -0.577. The quantitative estimate of drug-likeness (QED) is 0.625. The Morgan fingerprint density at radius 2 is 1.87 bits per heavy atom. The van der Waals surface area contributed by atoms with E-state index in [0.29, 0.717) is 24.4 Å². The Kier molecular flexibility index (Phi) is 5.91. The van der Waals surface area contributed by atoms with E-state index >= 15 is 0 Å². The van der Waals surface area contributed by atoms with Crippen molar-refractivity contribution in [2.45, 2.75) is 77.0 Å². The highest BCUT2D eigenvalue weighted by atomic mass is 17.3. The zero-order valence-corrected chi connectivity index (χ0v) is 19.3. The average Bonchev–Trinajstić information content (AvgIpc) is 2.98. The summed E-state index contributed by atoms with van der Waals surface area (Å²) in [5.41, 5.74) is 0.793. The molecule has 1 aromatic rings. The number of rotatable bonds is 6. The van der Waals surface area contributed by atoms with Crippen LogP contribution in [0.3, 0.4) is 0 Å². The fraction of sp³-hybridized carbons (Fsp3) is 0.760. The summed E-state index contributed by atoms with van der Waals surface area (Å²) in [6.07, 6.45) is 3.47. The van der Waals surface area contributed by atoms with Gasteiger partial charge in [0.05, 0.1) is 6.61 Å². The fourth-order valence-corrected chi connectivity index (χ4v) is 6.36. The molecule has 172 valence electrons. The van der Waals surface area contributed by atoms with Crippen LogP contribution in [0, 0.1) is 23.7 Å². The van der Waals surface area contributed by atoms with Gasteiger partial charge < -0.3 is 14.2 Å². The zero-order chi connectivity index (χ0) is 21.6. The van der Waals surface area contributed by atoms with Gasteiger partial charge in [0.15, 0.2) is 18.2 Å². The van der Waals surface area contributed by atoms with Gasteiger partial charge in [-0.3, -0.25) is 4.90 Å². The van der Waals surface area contributed by atoms with Gasteiger partial charge in [-0.15, -0.1) is 0 Å². The van der Waals surface area contributed by atoms with E-state index < -0.39 is 17.7 Å². The van der Waals surface area contributed by atoms with Gasteiger partial charge in [0.1, 0.15) is 0 Å². The van der Waals surface area contributed by atoms with E-state index in [2.05, 4.69) is 56.1 Å². The predicted octanol–water partition coefficient (Wildman–Crippen LogP) is 4.34. The van der Waals surface area contributed by atoms with E-state index in [1.165, 1.54) is 12.0 Å². The standard InChI is InChI=1S/C25H37NO5/c1-17-10-11-21-18(2)22(27-15-14-26(4)16-19-8-6-5-7-9-19)28-23-25(21)20(17)12-13-24(3,29-23)30-31-25/h5-9,17-18,20-23H,10-16H2,1-4H3/t17-,18-,20+,21+,22+,23-,24-,25-/m1/s1. The van der Waals surface area contributed by atoms with Crippen LogP contribution in [0.2, 0.25) is 0 Å². The molecule has 0 radical (unpaired) electrons. The number of nitrogens with zero attached hydrogens (tertiary/aromatic N) is 1. The molecule has 8 atom stereocenters. The van der Waals surface area contributed by atoms with E-state index in [0.717, 1.165) is 32.4 Å². The topological polar surface area (TPSA) is 49.4 Å². The van der Waals surface area contributed by atoms with Crippen LogP contribution in [0.15, 0.2) is 30.3 Å². The minimum atomic E-state index is -0.738. The Bertz CT molecular complexity index is 762. The SMILES string of the molecule is C[C@H]1[C@@H](OCCN(C)Cc2ccccc2)O[C@@H]2O[C@@]3(C)CC[C@H]4[C@H](C)CC[C@@H]1[C@@]24OO3. The molecule has 1 saturated carbocycles. The number of hydrogen-bond acceptors (Lipinski definition) is 6. The average molecular weight is 432 g/mol. The van der Waals surface area contributed by atoms with Gasteiger partial charge in [-0.05, 0) is 50.6 Å². The minimum absolute atomic E-state index is 0.223. The maximum Gasteiger partial charge on any atom is 0.201 e. The molecule has 2 bridgehead atoms. The van der Waals surface area contributed by atoms with E-state index in [9.17, 15) is 0 Å². The van der Waals surface area contributed by atoms with Crippen LogP contribution in [0.25, 0.3) is 0 Å². The van der Waals surface area contributed by atoms with Crippen molar-refractivity contribution in [3.8, 4) is 0 Å².